The van der Waals surface area contributed by atoms with Gasteiger partial charge in [0.25, 0.3) is 0 Å². The van der Waals surface area contributed by atoms with E-state index in [1.165, 1.54) is 12.8 Å². The SMILES string of the molecule is Nc1ccc(C2CCCCN2)o1. The van der Waals surface area contributed by atoms with E-state index in [2.05, 4.69) is 5.32 Å². The Morgan fingerprint density at radius 3 is 2.92 bits per heavy atom. The average molecular weight is 166 g/mol. The fourth-order valence-electron chi connectivity index (χ4n) is 1.65. The van der Waals surface area contributed by atoms with E-state index in [1.54, 1.807) is 0 Å². The predicted octanol–water partition coefficient (Wildman–Crippen LogP) is 1.68. The number of piperidine rings is 1. The van der Waals surface area contributed by atoms with Gasteiger partial charge in [0.2, 0.25) is 0 Å². The van der Waals surface area contributed by atoms with Gasteiger partial charge in [-0.25, -0.2) is 0 Å². The van der Waals surface area contributed by atoms with Gasteiger partial charge in [-0.1, -0.05) is 6.42 Å². The second-order valence-electron chi connectivity index (χ2n) is 3.24. The van der Waals surface area contributed by atoms with Gasteiger partial charge < -0.3 is 15.5 Å². The van der Waals surface area contributed by atoms with Crippen LogP contribution < -0.4 is 11.1 Å². The average Bonchev–Trinajstić information content (AvgIpc) is 2.54. The summed E-state index contributed by atoms with van der Waals surface area (Å²) >= 11 is 0. The first-order chi connectivity index (χ1) is 5.86. The smallest absolute Gasteiger partial charge is 0.190 e. The van der Waals surface area contributed by atoms with Gasteiger partial charge in [-0.3, -0.25) is 0 Å². The Morgan fingerprint density at radius 2 is 2.33 bits per heavy atom. The van der Waals surface area contributed by atoms with Crippen LogP contribution in [0.2, 0.25) is 0 Å². The van der Waals surface area contributed by atoms with Gasteiger partial charge in [0.15, 0.2) is 5.88 Å². The third kappa shape index (κ3) is 1.46. The van der Waals surface area contributed by atoms with Crippen molar-refractivity contribution in [1.82, 2.24) is 5.32 Å². The molecule has 1 aromatic rings. The van der Waals surface area contributed by atoms with Crippen molar-refractivity contribution < 1.29 is 4.42 Å². The van der Waals surface area contributed by atoms with Crippen LogP contribution in [0.15, 0.2) is 16.5 Å². The molecule has 12 heavy (non-hydrogen) atoms. The first-order valence-corrected chi connectivity index (χ1v) is 4.45. The van der Waals surface area contributed by atoms with Gasteiger partial charge in [-0.2, -0.15) is 0 Å². The molecule has 3 nitrogen and oxygen atoms in total. The van der Waals surface area contributed by atoms with Crippen LogP contribution in [0.3, 0.4) is 0 Å². The largest absolute Gasteiger partial charge is 0.444 e. The second kappa shape index (κ2) is 3.19. The normalized spacial score (nSPS) is 24.2. The Bertz CT molecular complexity index is 251. The minimum absolute atomic E-state index is 0.385. The van der Waals surface area contributed by atoms with Crippen LogP contribution in [0, 0.1) is 0 Å². The Balaban J connectivity index is 2.08. The van der Waals surface area contributed by atoms with E-state index in [0.29, 0.717) is 11.9 Å². The van der Waals surface area contributed by atoms with Gasteiger partial charge in [0.05, 0.1) is 6.04 Å². The molecule has 0 amide bonds. The van der Waals surface area contributed by atoms with Crippen molar-refractivity contribution in [1.29, 1.82) is 0 Å². The molecule has 1 aliphatic heterocycles. The molecule has 1 atom stereocenters. The summed E-state index contributed by atoms with van der Waals surface area (Å²) in [6.45, 7) is 1.09. The molecule has 0 radical (unpaired) electrons. The summed E-state index contributed by atoms with van der Waals surface area (Å²) in [5, 5.41) is 3.40. The number of nitrogens with one attached hydrogen (secondary N) is 1. The maximum absolute atomic E-state index is 5.49. The van der Waals surface area contributed by atoms with E-state index in [0.717, 1.165) is 18.7 Å². The third-order valence-corrected chi connectivity index (χ3v) is 2.30. The van der Waals surface area contributed by atoms with E-state index in [-0.39, 0.29) is 0 Å². The molecular weight excluding hydrogens is 152 g/mol. The summed E-state index contributed by atoms with van der Waals surface area (Å²) in [7, 11) is 0. The molecule has 1 unspecified atom stereocenters. The van der Waals surface area contributed by atoms with Crippen molar-refractivity contribution >= 4 is 5.88 Å². The van der Waals surface area contributed by atoms with Crippen molar-refractivity contribution in [3.63, 3.8) is 0 Å². The maximum atomic E-state index is 5.49. The van der Waals surface area contributed by atoms with E-state index in [9.17, 15) is 0 Å². The molecule has 0 aromatic carbocycles. The first kappa shape index (κ1) is 7.68. The quantitative estimate of drug-likeness (QED) is 0.667. The molecule has 1 aliphatic rings. The van der Waals surface area contributed by atoms with Crippen LogP contribution in [0.4, 0.5) is 5.88 Å². The highest BCUT2D eigenvalue weighted by molar-refractivity contribution is 5.26. The Hall–Kier alpha value is -0.960. The molecule has 1 saturated heterocycles. The van der Waals surface area contributed by atoms with Gasteiger partial charge in [0.1, 0.15) is 5.76 Å². The van der Waals surface area contributed by atoms with Gasteiger partial charge >= 0.3 is 0 Å². The highest BCUT2D eigenvalue weighted by atomic mass is 16.4. The lowest BCUT2D eigenvalue weighted by Gasteiger charge is -2.21. The monoisotopic (exact) mass is 166 g/mol. The van der Waals surface area contributed by atoms with Crippen LogP contribution >= 0.6 is 0 Å². The molecule has 66 valence electrons. The molecule has 0 spiro atoms. The van der Waals surface area contributed by atoms with E-state index in [4.69, 9.17) is 10.2 Å². The number of hydrogen-bond donors (Lipinski definition) is 2. The van der Waals surface area contributed by atoms with Crippen LogP contribution in [0.5, 0.6) is 0 Å². The Morgan fingerprint density at radius 1 is 1.42 bits per heavy atom. The molecule has 3 heteroatoms. The second-order valence-corrected chi connectivity index (χ2v) is 3.24. The molecule has 1 fully saturated rings. The number of nitrogen functional groups attached to an aromatic ring is 1. The molecule has 2 heterocycles. The fraction of sp³-hybridized carbons (Fsp3) is 0.556. The third-order valence-electron chi connectivity index (χ3n) is 2.30. The van der Waals surface area contributed by atoms with Crippen molar-refractivity contribution in [2.75, 3.05) is 12.3 Å². The zero-order chi connectivity index (χ0) is 8.39. The topological polar surface area (TPSA) is 51.2 Å². The zero-order valence-electron chi connectivity index (χ0n) is 7.05. The summed E-state index contributed by atoms with van der Waals surface area (Å²) in [5.41, 5.74) is 5.49. The summed E-state index contributed by atoms with van der Waals surface area (Å²) in [6.07, 6.45) is 3.71. The van der Waals surface area contributed by atoms with Crippen LogP contribution in [0.1, 0.15) is 31.1 Å². The lowest BCUT2D eigenvalue weighted by molar-refractivity contribution is 0.354. The lowest BCUT2D eigenvalue weighted by atomic mass is 10.0. The minimum Gasteiger partial charge on any atom is -0.444 e. The number of anilines is 1. The number of nitrogens with two attached hydrogens (primary N) is 1. The van der Waals surface area contributed by atoms with Crippen LogP contribution in [0.25, 0.3) is 0 Å². The number of hydrogen-bond acceptors (Lipinski definition) is 3. The van der Waals surface area contributed by atoms with Crippen molar-refractivity contribution in [3.8, 4) is 0 Å². The van der Waals surface area contributed by atoms with E-state index < -0.39 is 0 Å². The predicted molar refractivity (Wildman–Crippen MR) is 47.7 cm³/mol. The summed E-state index contributed by atoms with van der Waals surface area (Å²) in [6, 6.07) is 4.15. The number of rotatable bonds is 1. The molecular formula is C9H14N2O. The number of furan rings is 1. The summed E-state index contributed by atoms with van der Waals surface area (Å²) in [4.78, 5) is 0. The van der Waals surface area contributed by atoms with Crippen LogP contribution in [-0.4, -0.2) is 6.54 Å². The van der Waals surface area contributed by atoms with E-state index in [1.807, 2.05) is 12.1 Å². The minimum atomic E-state index is 0.385. The zero-order valence-corrected chi connectivity index (χ0v) is 7.05. The van der Waals surface area contributed by atoms with Gasteiger partial charge in [-0.15, -0.1) is 0 Å². The van der Waals surface area contributed by atoms with Gasteiger partial charge in [-0.05, 0) is 25.5 Å². The highest BCUT2D eigenvalue weighted by Gasteiger charge is 2.17. The molecule has 3 N–H and O–H groups in total. The van der Waals surface area contributed by atoms with Crippen molar-refractivity contribution in [2.45, 2.75) is 25.3 Å². The maximum Gasteiger partial charge on any atom is 0.190 e. The summed E-state index contributed by atoms with van der Waals surface area (Å²) in [5.74, 6) is 1.49. The molecule has 2 rings (SSSR count). The highest BCUT2D eigenvalue weighted by Crippen LogP contribution is 2.24. The van der Waals surface area contributed by atoms with Crippen LogP contribution in [-0.2, 0) is 0 Å². The Kier molecular flexibility index (Phi) is 2.04. The van der Waals surface area contributed by atoms with Crippen molar-refractivity contribution in [2.24, 2.45) is 0 Å². The summed E-state index contributed by atoms with van der Waals surface area (Å²) < 4.78 is 5.34. The fourth-order valence-corrected chi connectivity index (χ4v) is 1.65. The standard InChI is InChI=1S/C9H14N2O/c10-9-5-4-8(12-9)7-3-1-2-6-11-7/h4-5,7,11H,1-3,6,10H2. The molecule has 0 saturated carbocycles. The van der Waals surface area contributed by atoms with Gasteiger partial charge in [0, 0.05) is 6.07 Å². The lowest BCUT2D eigenvalue weighted by Crippen LogP contribution is -2.26. The van der Waals surface area contributed by atoms with E-state index >= 15 is 0 Å². The molecule has 0 bridgehead atoms. The van der Waals surface area contributed by atoms with Crippen molar-refractivity contribution in [3.05, 3.63) is 17.9 Å². The first-order valence-electron chi connectivity index (χ1n) is 4.45. The Labute approximate surface area is 71.9 Å². The molecule has 1 aromatic heterocycles. The molecule has 0 aliphatic carbocycles.